The molecule has 0 amide bonds. The number of halogens is 2. The van der Waals surface area contributed by atoms with Gasteiger partial charge in [-0.15, -0.1) is 0 Å². The number of rotatable bonds is 5. The number of hydrogen-bond donors (Lipinski definition) is 1. The molecule has 0 aliphatic rings. The fourth-order valence-corrected chi connectivity index (χ4v) is 1.70. The van der Waals surface area contributed by atoms with Gasteiger partial charge < -0.3 is 5.32 Å². The zero-order valence-electron chi connectivity index (χ0n) is 9.19. The lowest BCUT2D eigenvalue weighted by molar-refractivity contribution is 0.618. The molecule has 3 heteroatoms. The predicted molar refractivity (Wildman–Crippen MR) is 66.7 cm³/mol. The summed E-state index contributed by atoms with van der Waals surface area (Å²) in [7, 11) is 0. The zero-order chi connectivity index (χ0) is 11.3. The average molecular weight is 274 g/mol. The van der Waals surface area contributed by atoms with Crippen molar-refractivity contribution in [2.45, 2.75) is 39.2 Å². The van der Waals surface area contributed by atoms with E-state index in [-0.39, 0.29) is 5.82 Å². The zero-order valence-corrected chi connectivity index (χ0v) is 10.8. The fourth-order valence-electron chi connectivity index (χ4n) is 1.45. The van der Waals surface area contributed by atoms with Crippen molar-refractivity contribution in [3.05, 3.63) is 28.5 Å². The molecular formula is C12H17BrFN. The predicted octanol–water partition coefficient (Wildman–Crippen LogP) is 4.58. The maximum Gasteiger partial charge on any atom is 0.139 e. The minimum absolute atomic E-state index is 0.220. The van der Waals surface area contributed by atoms with Gasteiger partial charge in [0.2, 0.25) is 0 Å². The van der Waals surface area contributed by atoms with Crippen molar-refractivity contribution in [2.24, 2.45) is 0 Å². The number of nitrogens with one attached hydrogen (secondary N) is 1. The first-order chi connectivity index (χ1) is 7.13. The van der Waals surface area contributed by atoms with Gasteiger partial charge in [-0.1, -0.05) is 19.8 Å². The van der Waals surface area contributed by atoms with E-state index in [2.05, 4.69) is 35.1 Å². The van der Waals surface area contributed by atoms with Gasteiger partial charge >= 0.3 is 0 Å². The third-order valence-corrected chi connectivity index (χ3v) is 2.97. The van der Waals surface area contributed by atoms with Crippen LogP contribution >= 0.6 is 15.9 Å². The summed E-state index contributed by atoms with van der Waals surface area (Å²) < 4.78 is 13.7. The molecule has 1 nitrogen and oxygen atoms in total. The molecule has 0 aliphatic carbocycles. The highest BCUT2D eigenvalue weighted by atomic mass is 79.9. The van der Waals surface area contributed by atoms with Crippen LogP contribution in [0.3, 0.4) is 0 Å². The third kappa shape index (κ3) is 4.20. The van der Waals surface area contributed by atoms with Crippen molar-refractivity contribution in [1.82, 2.24) is 0 Å². The molecule has 1 aromatic carbocycles. The highest BCUT2D eigenvalue weighted by molar-refractivity contribution is 9.10. The van der Waals surface area contributed by atoms with E-state index in [1.165, 1.54) is 18.9 Å². The molecule has 1 unspecified atom stereocenters. The Labute approximate surface area is 99.2 Å². The van der Waals surface area contributed by atoms with Crippen LogP contribution in [0.5, 0.6) is 0 Å². The molecule has 0 aliphatic heterocycles. The summed E-state index contributed by atoms with van der Waals surface area (Å²) in [6.45, 7) is 4.29. The minimum Gasteiger partial charge on any atom is -0.383 e. The van der Waals surface area contributed by atoms with Gasteiger partial charge in [0.05, 0.1) is 4.47 Å². The lowest BCUT2D eigenvalue weighted by Gasteiger charge is -2.14. The summed E-state index contributed by atoms with van der Waals surface area (Å²) in [5.41, 5.74) is 0.847. The molecule has 0 radical (unpaired) electrons. The number of hydrogen-bond acceptors (Lipinski definition) is 1. The summed E-state index contributed by atoms with van der Waals surface area (Å²) in [4.78, 5) is 0. The van der Waals surface area contributed by atoms with Crippen LogP contribution in [0.1, 0.15) is 33.1 Å². The topological polar surface area (TPSA) is 12.0 Å². The molecule has 0 saturated heterocycles. The second-order valence-corrected chi connectivity index (χ2v) is 4.67. The molecule has 1 atom stereocenters. The van der Waals surface area contributed by atoms with E-state index >= 15 is 0 Å². The largest absolute Gasteiger partial charge is 0.383 e. The van der Waals surface area contributed by atoms with Gasteiger partial charge in [0.15, 0.2) is 0 Å². The van der Waals surface area contributed by atoms with Crippen LogP contribution in [0.4, 0.5) is 10.1 Å². The number of benzene rings is 1. The van der Waals surface area contributed by atoms with Crippen molar-refractivity contribution in [3.8, 4) is 0 Å². The molecule has 1 aromatic rings. The Hall–Kier alpha value is -0.570. The van der Waals surface area contributed by atoms with E-state index in [1.807, 2.05) is 6.07 Å². The Morgan fingerprint density at radius 2 is 2.20 bits per heavy atom. The van der Waals surface area contributed by atoms with Crippen LogP contribution in [0, 0.1) is 5.82 Å². The third-order valence-electron chi connectivity index (χ3n) is 2.32. The maximum absolute atomic E-state index is 13.2. The lowest BCUT2D eigenvalue weighted by atomic mass is 10.1. The van der Waals surface area contributed by atoms with Crippen molar-refractivity contribution in [1.29, 1.82) is 0 Å². The van der Waals surface area contributed by atoms with Gasteiger partial charge in [-0.05, 0) is 47.5 Å². The average Bonchev–Trinajstić information content (AvgIpc) is 2.20. The highest BCUT2D eigenvalue weighted by Crippen LogP contribution is 2.20. The Balaban J connectivity index is 2.53. The second kappa shape index (κ2) is 6.11. The quantitative estimate of drug-likeness (QED) is 0.828. The normalized spacial score (nSPS) is 12.5. The molecule has 0 bridgehead atoms. The Bertz CT molecular complexity index is 314. The van der Waals surface area contributed by atoms with Crippen molar-refractivity contribution >= 4 is 21.6 Å². The molecule has 15 heavy (non-hydrogen) atoms. The molecule has 84 valence electrons. The monoisotopic (exact) mass is 273 g/mol. The van der Waals surface area contributed by atoms with Crippen molar-refractivity contribution < 1.29 is 4.39 Å². The van der Waals surface area contributed by atoms with Crippen molar-refractivity contribution in [2.75, 3.05) is 5.32 Å². The van der Waals surface area contributed by atoms with Crippen LogP contribution in [0.15, 0.2) is 22.7 Å². The van der Waals surface area contributed by atoms with Crippen LogP contribution < -0.4 is 5.32 Å². The van der Waals surface area contributed by atoms with Gasteiger partial charge in [-0.25, -0.2) is 4.39 Å². The maximum atomic E-state index is 13.2. The van der Waals surface area contributed by atoms with Crippen LogP contribution in [-0.4, -0.2) is 6.04 Å². The van der Waals surface area contributed by atoms with E-state index < -0.39 is 0 Å². The first kappa shape index (κ1) is 12.5. The van der Waals surface area contributed by atoms with Gasteiger partial charge in [0.25, 0.3) is 0 Å². The van der Waals surface area contributed by atoms with Crippen molar-refractivity contribution in [3.63, 3.8) is 0 Å². The standard InChI is InChI=1S/C12H17BrFN/c1-3-4-5-9(2)15-10-6-7-11(13)12(14)8-10/h6-9,15H,3-5H2,1-2H3. The summed E-state index contributed by atoms with van der Waals surface area (Å²) in [5, 5.41) is 3.28. The first-order valence-electron chi connectivity index (χ1n) is 5.35. The number of unbranched alkanes of at least 4 members (excludes halogenated alkanes) is 1. The molecule has 0 spiro atoms. The molecule has 0 fully saturated rings. The highest BCUT2D eigenvalue weighted by Gasteiger charge is 2.04. The Morgan fingerprint density at radius 1 is 1.47 bits per heavy atom. The molecule has 1 rings (SSSR count). The Kier molecular flexibility index (Phi) is 5.09. The SMILES string of the molecule is CCCCC(C)Nc1ccc(Br)c(F)c1. The summed E-state index contributed by atoms with van der Waals surface area (Å²) in [6, 6.07) is 5.53. The Morgan fingerprint density at radius 3 is 2.80 bits per heavy atom. The molecule has 1 N–H and O–H groups in total. The molecule has 0 saturated carbocycles. The van der Waals surface area contributed by atoms with Gasteiger partial charge in [0.1, 0.15) is 5.82 Å². The second-order valence-electron chi connectivity index (χ2n) is 3.82. The number of anilines is 1. The molecule has 0 heterocycles. The minimum atomic E-state index is -0.220. The smallest absolute Gasteiger partial charge is 0.139 e. The van der Waals surface area contributed by atoms with Crippen LogP contribution in [0.2, 0.25) is 0 Å². The van der Waals surface area contributed by atoms with E-state index in [9.17, 15) is 4.39 Å². The summed E-state index contributed by atoms with van der Waals surface area (Å²) >= 11 is 3.13. The summed E-state index contributed by atoms with van der Waals surface area (Å²) in [5.74, 6) is -0.220. The molecule has 0 aromatic heterocycles. The fraction of sp³-hybridized carbons (Fsp3) is 0.500. The van der Waals surface area contributed by atoms with Crippen LogP contribution in [0.25, 0.3) is 0 Å². The lowest BCUT2D eigenvalue weighted by Crippen LogP contribution is -2.14. The summed E-state index contributed by atoms with van der Waals surface area (Å²) in [6.07, 6.45) is 3.52. The van der Waals surface area contributed by atoms with Gasteiger partial charge in [-0.2, -0.15) is 0 Å². The van der Waals surface area contributed by atoms with E-state index in [4.69, 9.17) is 0 Å². The van der Waals surface area contributed by atoms with Gasteiger partial charge in [-0.3, -0.25) is 0 Å². The molecular weight excluding hydrogens is 257 g/mol. The van der Waals surface area contributed by atoms with Gasteiger partial charge in [0, 0.05) is 11.7 Å². The van der Waals surface area contributed by atoms with Crippen LogP contribution in [-0.2, 0) is 0 Å². The first-order valence-corrected chi connectivity index (χ1v) is 6.14. The van der Waals surface area contributed by atoms with E-state index in [0.717, 1.165) is 12.1 Å². The van der Waals surface area contributed by atoms with E-state index in [0.29, 0.717) is 10.5 Å². The van der Waals surface area contributed by atoms with E-state index in [1.54, 1.807) is 6.07 Å².